The van der Waals surface area contributed by atoms with Gasteiger partial charge in [0.2, 0.25) is 0 Å². The van der Waals surface area contributed by atoms with Crippen molar-refractivity contribution in [1.29, 1.82) is 0 Å². The minimum atomic E-state index is -3.03. The SMILES string of the molecule is c1ccc(-c2ccc(N(c3ccc([Si](c4ccccc4)(c4ccc(-c5ccccc5)cc4)c4ccc5c6ccccc6c6ccccc6c5c4)cc3)c3cccc(-c4ccccc4)c3)cc2)cc1. The van der Waals surface area contributed by atoms with Gasteiger partial charge in [-0.1, -0.05) is 249 Å². The molecule has 12 aromatic carbocycles. The molecule has 0 aliphatic heterocycles. The number of rotatable bonds is 10. The Labute approximate surface area is 399 Å². The number of hydrogen-bond acceptors (Lipinski definition) is 1. The maximum Gasteiger partial charge on any atom is 0.179 e. The van der Waals surface area contributed by atoms with Crippen LogP contribution < -0.4 is 25.6 Å². The summed E-state index contributed by atoms with van der Waals surface area (Å²) >= 11 is 0. The van der Waals surface area contributed by atoms with E-state index in [1.54, 1.807) is 0 Å². The first kappa shape index (κ1) is 40.9. The molecular weight excluding hydrogens is 835 g/mol. The van der Waals surface area contributed by atoms with E-state index >= 15 is 0 Å². The third-order valence-corrected chi connectivity index (χ3v) is 18.6. The zero-order valence-electron chi connectivity index (χ0n) is 37.6. The Morgan fingerprint density at radius 2 is 0.529 bits per heavy atom. The summed E-state index contributed by atoms with van der Waals surface area (Å²) in [4.78, 5) is 2.40. The lowest BCUT2D eigenvalue weighted by molar-refractivity contribution is 1.28. The Bertz CT molecular complexity index is 3650. The van der Waals surface area contributed by atoms with Crippen molar-refractivity contribution in [3.63, 3.8) is 0 Å². The Morgan fingerprint density at radius 1 is 0.191 bits per heavy atom. The monoisotopic (exact) mass is 881 g/mol. The van der Waals surface area contributed by atoms with Crippen LogP contribution in [0.3, 0.4) is 0 Å². The van der Waals surface area contributed by atoms with Crippen LogP contribution in [0.5, 0.6) is 0 Å². The molecular formula is C66H47NSi. The molecule has 0 heterocycles. The maximum absolute atomic E-state index is 3.03. The van der Waals surface area contributed by atoms with Crippen molar-refractivity contribution in [2.75, 3.05) is 4.90 Å². The number of benzene rings is 12. The summed E-state index contributed by atoms with van der Waals surface area (Å²) in [6.07, 6.45) is 0. The second-order valence-electron chi connectivity index (χ2n) is 17.6. The highest BCUT2D eigenvalue weighted by Gasteiger charge is 2.42. The molecule has 12 aromatic rings. The van der Waals surface area contributed by atoms with Crippen molar-refractivity contribution >= 4 is 78.2 Å². The minimum Gasteiger partial charge on any atom is -0.310 e. The van der Waals surface area contributed by atoms with Crippen LogP contribution in [0.25, 0.3) is 65.7 Å². The fraction of sp³-hybridized carbons (Fsp3) is 0. The fourth-order valence-corrected chi connectivity index (χ4v) is 15.3. The van der Waals surface area contributed by atoms with E-state index in [4.69, 9.17) is 0 Å². The molecule has 0 amide bonds. The van der Waals surface area contributed by atoms with Crippen LogP contribution in [0.15, 0.2) is 285 Å². The molecule has 0 N–H and O–H groups in total. The Hall–Kier alpha value is -8.56. The van der Waals surface area contributed by atoms with Crippen LogP contribution in [0, 0.1) is 0 Å². The van der Waals surface area contributed by atoms with Crippen LogP contribution in [0.4, 0.5) is 17.1 Å². The third kappa shape index (κ3) is 7.29. The topological polar surface area (TPSA) is 3.24 Å². The fourth-order valence-electron chi connectivity index (χ4n) is 10.6. The summed E-state index contributed by atoms with van der Waals surface area (Å²) < 4.78 is 0. The zero-order chi connectivity index (χ0) is 45.3. The van der Waals surface area contributed by atoms with E-state index in [1.165, 1.54) is 86.4 Å². The van der Waals surface area contributed by atoms with Gasteiger partial charge in [0.15, 0.2) is 8.07 Å². The van der Waals surface area contributed by atoms with Gasteiger partial charge in [0.25, 0.3) is 0 Å². The molecule has 0 spiro atoms. The van der Waals surface area contributed by atoms with Crippen LogP contribution in [0.2, 0.25) is 0 Å². The van der Waals surface area contributed by atoms with E-state index in [0.717, 1.165) is 17.1 Å². The van der Waals surface area contributed by atoms with Gasteiger partial charge in [0.1, 0.15) is 0 Å². The lowest BCUT2D eigenvalue weighted by Crippen LogP contribution is -2.74. The molecule has 0 bridgehead atoms. The summed E-state index contributed by atoms with van der Waals surface area (Å²) in [6, 6.07) is 105. The first-order valence-electron chi connectivity index (χ1n) is 23.5. The Kier molecular flexibility index (Phi) is 10.6. The molecule has 0 aliphatic carbocycles. The predicted octanol–water partition coefficient (Wildman–Crippen LogP) is 15.0. The zero-order valence-corrected chi connectivity index (χ0v) is 38.6. The normalized spacial score (nSPS) is 12.2. The standard InChI is InChI=1S/C66H47NSi/c1-5-18-48(19-6-1)51-32-36-54(37-33-51)67(56-25-17-24-53(46-56)50-22-9-3-10-23-50)55-38-42-59(43-39-55)68(57-26-11-4-12-27-57,58-40-34-52(35-41-58)49-20-7-2-8-21-49)60-44-45-65-63-30-14-13-28-61(63)62-29-15-16-31-64(62)66(65)47-60/h1-47H. The van der Waals surface area contributed by atoms with Gasteiger partial charge < -0.3 is 4.90 Å². The van der Waals surface area contributed by atoms with Gasteiger partial charge in [0.05, 0.1) is 0 Å². The molecule has 1 nitrogen and oxygen atoms in total. The molecule has 68 heavy (non-hydrogen) atoms. The number of fused-ring (bicyclic) bond motifs is 6. The van der Waals surface area contributed by atoms with Crippen LogP contribution in [-0.2, 0) is 0 Å². The highest BCUT2D eigenvalue weighted by atomic mass is 28.3. The minimum absolute atomic E-state index is 1.10. The highest BCUT2D eigenvalue weighted by molar-refractivity contribution is 7.20. The van der Waals surface area contributed by atoms with Crippen molar-refractivity contribution < 1.29 is 0 Å². The van der Waals surface area contributed by atoms with Gasteiger partial charge in [-0.25, -0.2) is 0 Å². The summed E-state index contributed by atoms with van der Waals surface area (Å²) in [5, 5.41) is 13.0. The van der Waals surface area contributed by atoms with Gasteiger partial charge in [-0.2, -0.15) is 0 Å². The summed E-state index contributed by atoms with van der Waals surface area (Å²) in [7, 11) is -3.03. The van der Waals surface area contributed by atoms with Crippen molar-refractivity contribution in [3.8, 4) is 33.4 Å². The van der Waals surface area contributed by atoms with Crippen molar-refractivity contribution in [2.45, 2.75) is 0 Å². The predicted molar refractivity (Wildman–Crippen MR) is 294 cm³/mol. The van der Waals surface area contributed by atoms with Gasteiger partial charge >= 0.3 is 0 Å². The third-order valence-electron chi connectivity index (χ3n) is 13.8. The molecule has 0 fully saturated rings. The summed E-state index contributed by atoms with van der Waals surface area (Å²) in [5.41, 5.74) is 10.5. The Balaban J connectivity index is 1.08. The average Bonchev–Trinajstić information content (AvgIpc) is 3.43. The molecule has 0 radical (unpaired) electrons. The lowest BCUT2D eigenvalue weighted by Gasteiger charge is -2.35. The summed E-state index contributed by atoms with van der Waals surface area (Å²) in [6.45, 7) is 0. The molecule has 1 atom stereocenters. The van der Waals surface area contributed by atoms with E-state index < -0.39 is 8.07 Å². The maximum atomic E-state index is 2.54. The van der Waals surface area contributed by atoms with Gasteiger partial charge in [0, 0.05) is 17.1 Å². The first-order chi connectivity index (χ1) is 33.7. The summed E-state index contributed by atoms with van der Waals surface area (Å²) in [5.74, 6) is 0. The van der Waals surface area contributed by atoms with Crippen LogP contribution in [-0.4, -0.2) is 8.07 Å². The molecule has 320 valence electrons. The number of hydrogen-bond donors (Lipinski definition) is 0. The van der Waals surface area contributed by atoms with E-state index in [0.29, 0.717) is 0 Å². The second-order valence-corrected chi connectivity index (χ2v) is 21.4. The number of anilines is 3. The molecule has 0 saturated heterocycles. The lowest BCUT2D eigenvalue weighted by atomic mass is 9.94. The molecule has 12 rings (SSSR count). The quantitative estimate of drug-likeness (QED) is 0.0751. The molecule has 1 unspecified atom stereocenters. The number of nitrogens with zero attached hydrogens (tertiary/aromatic N) is 1. The smallest absolute Gasteiger partial charge is 0.179 e. The Morgan fingerprint density at radius 3 is 1.04 bits per heavy atom. The molecule has 0 aliphatic rings. The highest BCUT2D eigenvalue weighted by Crippen LogP contribution is 2.38. The molecule has 0 aromatic heterocycles. The molecule has 2 heteroatoms. The van der Waals surface area contributed by atoms with Crippen molar-refractivity contribution in [1.82, 2.24) is 0 Å². The van der Waals surface area contributed by atoms with E-state index in [-0.39, 0.29) is 0 Å². The van der Waals surface area contributed by atoms with Crippen LogP contribution in [0.1, 0.15) is 0 Å². The van der Waals surface area contributed by atoms with Gasteiger partial charge in [-0.05, 0) is 123 Å². The van der Waals surface area contributed by atoms with E-state index in [1.807, 2.05) is 0 Å². The first-order valence-corrected chi connectivity index (χ1v) is 25.5. The molecule has 0 saturated carbocycles. The van der Waals surface area contributed by atoms with E-state index in [2.05, 4.69) is 290 Å². The largest absolute Gasteiger partial charge is 0.310 e. The second kappa shape index (κ2) is 17.7. The average molecular weight is 882 g/mol. The van der Waals surface area contributed by atoms with E-state index in [9.17, 15) is 0 Å². The van der Waals surface area contributed by atoms with Crippen molar-refractivity contribution in [3.05, 3.63) is 285 Å². The van der Waals surface area contributed by atoms with Gasteiger partial charge in [-0.3, -0.25) is 0 Å². The van der Waals surface area contributed by atoms with Crippen LogP contribution >= 0.6 is 0 Å². The van der Waals surface area contributed by atoms with Gasteiger partial charge in [-0.15, -0.1) is 0 Å². The van der Waals surface area contributed by atoms with Crippen molar-refractivity contribution in [2.24, 2.45) is 0 Å².